The zero-order valence-corrected chi connectivity index (χ0v) is 82.3. The number of ether oxygens (including phenoxy) is 6. The van der Waals surface area contributed by atoms with Crippen LogP contribution in [0.3, 0.4) is 0 Å². The van der Waals surface area contributed by atoms with Gasteiger partial charge in [0.2, 0.25) is 0 Å². The molecule has 0 aromatic heterocycles. The number of esters is 5. The van der Waals surface area contributed by atoms with Gasteiger partial charge in [0.05, 0.1) is 33.0 Å². The second kappa shape index (κ2) is 65.5. The molecule has 0 aliphatic rings. The Hall–Kier alpha value is -1.67. The third-order valence-corrected chi connectivity index (χ3v) is 52.7. The van der Waals surface area contributed by atoms with Crippen LogP contribution in [-0.4, -0.2) is 176 Å². The molecule has 0 N–H and O–H groups in total. The van der Waals surface area contributed by atoms with Crippen LogP contribution >= 0.6 is 0 Å². The van der Waals surface area contributed by atoms with Crippen LogP contribution in [0.1, 0.15) is 152 Å². The van der Waals surface area contributed by atoms with Crippen molar-refractivity contribution in [3.63, 3.8) is 0 Å². The summed E-state index contributed by atoms with van der Waals surface area (Å²) in [6, 6.07) is 7.38. The van der Waals surface area contributed by atoms with Gasteiger partial charge in [0, 0.05) is 41.5 Å². The SMILES string of the molecule is C.C.C.C.C.C.C.C.C=C(C)C(=O)OCCC[Si](C)(C)O[Si](C)(C)C.C=C(C)C(=O)OCCC[Si](C)(C)O[Si](C)(C)CCCC.C=C(C)C(=O)OCCC[Si](O[Si](C)(C)C)(O[Si](C)(C)C)O[Si](C)(C)C.C=CC(=O)OCCC[Si](C)(C)O[Si](C)(C)C.C=CC(=O)OCCOCCC[Si](C)(C)O[Si](C)(C)CCCC. The Bertz CT molecular complexity index is 2350. The lowest BCUT2D eigenvalue weighted by atomic mass is 10.4. The van der Waals surface area contributed by atoms with Crippen LogP contribution in [0.15, 0.2) is 61.8 Å². The van der Waals surface area contributed by atoms with Gasteiger partial charge in [-0.25, -0.2) is 24.0 Å². The normalized spacial score (nSPS) is 11.7. The quantitative estimate of drug-likeness (QED) is 0.0183. The Balaban J connectivity index is -0.0000000940. The molecule has 0 saturated heterocycles. The Morgan fingerprint density at radius 3 is 0.694 bits per heavy atom. The molecule has 30 heteroatoms. The molecule has 0 aromatic carbocycles. The molecule has 0 rings (SSSR count). The zero-order valence-electron chi connectivity index (χ0n) is 70.3. The van der Waals surface area contributed by atoms with Crippen LogP contribution in [0.25, 0.3) is 0 Å². The third-order valence-electron chi connectivity index (χ3n) is 13.2. The molecule has 0 radical (unpaired) electrons. The minimum atomic E-state index is -2.83. The maximum Gasteiger partial charge on any atom is 0.469 e. The maximum absolute atomic E-state index is 11.6. The molecule has 0 aliphatic heterocycles. The van der Waals surface area contributed by atoms with Gasteiger partial charge in [-0.3, -0.25) is 0 Å². The second-order valence-corrected chi connectivity index (χ2v) is 87.2. The van der Waals surface area contributed by atoms with Crippen LogP contribution in [0, 0.1) is 0 Å². The van der Waals surface area contributed by atoms with E-state index in [9.17, 15) is 24.0 Å². The fraction of sp³-hybridized carbons (Fsp3) is 0.808. The summed E-state index contributed by atoms with van der Waals surface area (Å²) < 4.78 is 75.9. The average molecular weight is 1750 g/mol. The Labute approximate surface area is 685 Å². The molecule has 0 aromatic rings. The highest BCUT2D eigenvalue weighted by Crippen LogP contribution is 2.31. The molecule has 0 saturated carbocycles. The first-order valence-corrected chi connectivity index (χ1v) is 74.2. The van der Waals surface area contributed by atoms with Gasteiger partial charge in [-0.1, -0.05) is 132 Å². The van der Waals surface area contributed by atoms with E-state index in [1.807, 2.05) is 0 Å². The minimum absolute atomic E-state index is 0. The molecular weight excluding hydrogens is 1560 g/mol. The highest BCUT2D eigenvalue weighted by Gasteiger charge is 2.50. The molecule has 0 fully saturated rings. The molecule has 654 valence electrons. The Kier molecular flexibility index (Phi) is 82.1. The third kappa shape index (κ3) is 93.2. The molecule has 0 unspecified atom stereocenters. The molecule has 0 heterocycles. The van der Waals surface area contributed by atoms with Crippen molar-refractivity contribution < 1.29 is 81.2 Å². The molecule has 18 nitrogen and oxygen atoms in total. The summed E-state index contributed by atoms with van der Waals surface area (Å²) in [5.74, 6) is -1.68. The highest BCUT2D eigenvalue weighted by molar-refractivity contribution is 6.90. The number of rotatable bonds is 48. The van der Waals surface area contributed by atoms with Crippen molar-refractivity contribution in [2.45, 2.75) is 371 Å². The summed E-state index contributed by atoms with van der Waals surface area (Å²) in [6.07, 6.45) is 11.7. The predicted octanol–water partition coefficient (Wildman–Crippen LogP) is 25.9. The molecule has 108 heavy (non-hydrogen) atoms. The first-order chi connectivity index (χ1) is 45.0. The van der Waals surface area contributed by atoms with Gasteiger partial charge >= 0.3 is 38.7 Å². The molecule has 0 aliphatic carbocycles. The first-order valence-electron chi connectivity index (χ1n) is 36.5. The van der Waals surface area contributed by atoms with E-state index in [0.29, 0.717) is 75.4 Å². The number of carbonyl (C=O) groups excluding carboxylic acids is 5. The van der Waals surface area contributed by atoms with E-state index in [4.69, 9.17) is 57.2 Å². The zero-order chi connectivity index (χ0) is 79.5. The van der Waals surface area contributed by atoms with E-state index in [0.717, 1.165) is 55.9 Å². The largest absolute Gasteiger partial charge is 0.469 e. The van der Waals surface area contributed by atoms with Crippen molar-refractivity contribution in [1.29, 1.82) is 0 Å². The van der Waals surface area contributed by atoms with Gasteiger partial charge in [-0.15, -0.1) is 0 Å². The van der Waals surface area contributed by atoms with Gasteiger partial charge in [-0.05, 0) is 266 Å². The van der Waals surface area contributed by atoms with E-state index < -0.39 is 106 Å². The smallest absolute Gasteiger partial charge is 0.463 e. The summed E-state index contributed by atoms with van der Waals surface area (Å²) >= 11 is 0. The van der Waals surface area contributed by atoms with Gasteiger partial charge in [0.15, 0.2) is 91.5 Å². The predicted molar refractivity (Wildman–Crippen MR) is 506 cm³/mol. The number of carbonyl (C=O) groups is 5. The number of hydrogen-bond donors (Lipinski definition) is 0. The average Bonchev–Trinajstić information content (AvgIpc) is 0.805. The van der Waals surface area contributed by atoms with E-state index >= 15 is 0 Å². The standard InChI is InChI=1S/C16H38O5Si4.C16H34O4Si2.C15H32O3Si2.C12H26O3Si2.C11H24O3Si2.8CH4/c1-15(2)16(17)18-13-12-14-25(19-22(3,4)5,20-23(6,7)8)21-24(9,10)11;1-7-9-14-21(3,4)20-22(5,6)15-10-11-18-12-13-19-16(17)8-2;1-8-9-12-19(4,5)18-20(6,7)13-10-11-17-15(16)14(2)3;1-11(2)12(13)14-9-8-10-17(6,7)15-16(3,4)5;1-7-11(12)13-9-8-10-16(5,6)14-15(2,3)4;;;;;;;;/h1,12-14H2,2-11H3;8H,2,7,9-15H2,1,3-6H3;2,8-13H2,1,3-7H3;1,8-10H2,2-7H3;7H,1,8-10H2,2-6H3;8*1H4. The lowest BCUT2D eigenvalue weighted by Crippen LogP contribution is -2.60. The molecule has 0 spiro atoms. The Morgan fingerprint density at radius 1 is 0.269 bits per heavy atom. The van der Waals surface area contributed by atoms with E-state index in [1.165, 1.54) is 43.8 Å². The van der Waals surface area contributed by atoms with Crippen LogP contribution in [0.5, 0.6) is 0 Å². The molecular formula is C78H186O18Si12. The van der Waals surface area contributed by atoms with Crippen molar-refractivity contribution in [1.82, 2.24) is 0 Å². The lowest BCUT2D eigenvalue weighted by Gasteiger charge is -2.42. The van der Waals surface area contributed by atoms with Crippen LogP contribution in [-0.2, 0) is 81.2 Å². The lowest BCUT2D eigenvalue weighted by molar-refractivity contribution is -0.140. The fourth-order valence-corrected chi connectivity index (χ4v) is 58.8. The second-order valence-electron chi connectivity index (χ2n) is 34.3. The Morgan fingerprint density at radius 2 is 0.472 bits per heavy atom. The van der Waals surface area contributed by atoms with Crippen molar-refractivity contribution >= 4 is 130 Å². The molecule has 0 amide bonds. The van der Waals surface area contributed by atoms with Gasteiger partial charge in [0.1, 0.15) is 6.61 Å². The highest BCUT2D eigenvalue weighted by atomic mass is 28.5. The van der Waals surface area contributed by atoms with Crippen LogP contribution in [0.4, 0.5) is 0 Å². The van der Waals surface area contributed by atoms with Crippen molar-refractivity contribution in [2.24, 2.45) is 0 Å². The van der Waals surface area contributed by atoms with E-state index in [2.05, 4.69) is 224 Å². The van der Waals surface area contributed by atoms with Crippen molar-refractivity contribution in [3.05, 3.63) is 61.8 Å². The van der Waals surface area contributed by atoms with Gasteiger partial charge < -0.3 is 57.2 Å². The van der Waals surface area contributed by atoms with Gasteiger partial charge in [-0.2, -0.15) is 0 Å². The summed E-state index contributed by atoms with van der Waals surface area (Å²) in [4.78, 5) is 55.7. The fourth-order valence-electron chi connectivity index (χ4n) is 10.1. The summed E-state index contributed by atoms with van der Waals surface area (Å²) in [7, 11) is -20.7. The van der Waals surface area contributed by atoms with Crippen LogP contribution in [0.2, 0.25) is 219 Å². The van der Waals surface area contributed by atoms with Crippen LogP contribution < -0.4 is 0 Å². The minimum Gasteiger partial charge on any atom is -0.463 e. The maximum atomic E-state index is 11.6. The number of hydrogen-bond acceptors (Lipinski definition) is 18. The topological polar surface area (TPSA) is 205 Å². The molecule has 0 atom stereocenters. The monoisotopic (exact) mass is 1750 g/mol. The van der Waals surface area contributed by atoms with E-state index in [-0.39, 0.29) is 83.3 Å². The van der Waals surface area contributed by atoms with E-state index in [1.54, 1.807) is 20.8 Å². The number of unbranched alkanes of at least 4 members (excludes halogenated alkanes) is 2. The van der Waals surface area contributed by atoms with Crippen molar-refractivity contribution in [3.8, 4) is 0 Å². The van der Waals surface area contributed by atoms with Crippen molar-refractivity contribution in [2.75, 3.05) is 46.2 Å². The first kappa shape index (κ1) is 135. The van der Waals surface area contributed by atoms with Gasteiger partial charge in [0.25, 0.3) is 0 Å². The summed E-state index contributed by atoms with van der Waals surface area (Å²) in [6.45, 7) is 90.1. The summed E-state index contributed by atoms with van der Waals surface area (Å²) in [5, 5.41) is 0. The summed E-state index contributed by atoms with van der Waals surface area (Å²) in [5.41, 5.74) is 1.34. The molecule has 0 bridgehead atoms.